The molecule has 9 heteroatoms. The van der Waals surface area contributed by atoms with Gasteiger partial charge in [0.2, 0.25) is 5.91 Å². The molecule has 0 aliphatic heterocycles. The van der Waals surface area contributed by atoms with Crippen LogP contribution in [0.25, 0.3) is 0 Å². The van der Waals surface area contributed by atoms with Gasteiger partial charge in [-0.15, -0.1) is 0 Å². The molecule has 1 saturated carbocycles. The summed E-state index contributed by atoms with van der Waals surface area (Å²) in [7, 11) is 0. The van der Waals surface area contributed by atoms with Gasteiger partial charge in [-0.1, -0.05) is 29.6 Å². The fraction of sp³-hybridized carbons (Fsp3) is 0.533. The van der Waals surface area contributed by atoms with Gasteiger partial charge in [-0.2, -0.15) is 4.98 Å². The molecular weight excluding hydrogens is 314 g/mol. The summed E-state index contributed by atoms with van der Waals surface area (Å²) >= 11 is 0. The molecule has 0 aromatic carbocycles. The van der Waals surface area contributed by atoms with Gasteiger partial charge in [-0.25, -0.2) is 0 Å². The minimum atomic E-state index is -0.395. The third kappa shape index (κ3) is 4.18. The summed E-state index contributed by atoms with van der Waals surface area (Å²) in [4.78, 5) is 27.9. The Balaban J connectivity index is 1.52. The van der Waals surface area contributed by atoms with Crippen molar-refractivity contribution in [1.82, 2.24) is 20.6 Å². The van der Waals surface area contributed by atoms with E-state index in [2.05, 4.69) is 25.9 Å². The van der Waals surface area contributed by atoms with Crippen molar-refractivity contribution in [2.75, 3.05) is 5.32 Å². The highest BCUT2D eigenvalue weighted by molar-refractivity contribution is 5.91. The quantitative estimate of drug-likeness (QED) is 0.852. The van der Waals surface area contributed by atoms with Crippen molar-refractivity contribution in [3.8, 4) is 0 Å². The van der Waals surface area contributed by atoms with Gasteiger partial charge in [-0.05, 0) is 19.8 Å². The highest BCUT2D eigenvalue weighted by Crippen LogP contribution is 2.17. The lowest BCUT2D eigenvalue weighted by Crippen LogP contribution is -2.36. The minimum Gasteiger partial charge on any atom is -0.360 e. The first kappa shape index (κ1) is 16.2. The Hall–Kier alpha value is -2.71. The molecule has 0 saturated heterocycles. The summed E-state index contributed by atoms with van der Waals surface area (Å²) in [5.74, 6) is 0.154. The molecule has 0 radical (unpaired) electrons. The van der Waals surface area contributed by atoms with Crippen LogP contribution in [0.15, 0.2) is 15.1 Å². The van der Waals surface area contributed by atoms with E-state index in [0.29, 0.717) is 11.6 Å². The SMILES string of the molecule is Cc1cc(NC(=O)Cc2noc(C(=O)NC3CCCCC3)n2)no1. The van der Waals surface area contributed by atoms with E-state index in [1.807, 2.05) is 0 Å². The zero-order chi connectivity index (χ0) is 16.9. The lowest BCUT2D eigenvalue weighted by Gasteiger charge is -2.21. The molecule has 1 aliphatic carbocycles. The van der Waals surface area contributed by atoms with Gasteiger partial charge in [0.1, 0.15) is 5.76 Å². The average Bonchev–Trinajstić information content (AvgIpc) is 3.17. The summed E-state index contributed by atoms with van der Waals surface area (Å²) in [6.45, 7) is 1.72. The van der Waals surface area contributed by atoms with Crippen molar-refractivity contribution in [3.63, 3.8) is 0 Å². The van der Waals surface area contributed by atoms with Gasteiger partial charge in [0.15, 0.2) is 11.6 Å². The molecule has 2 heterocycles. The molecule has 2 aromatic heterocycles. The summed E-state index contributed by atoms with van der Waals surface area (Å²) in [5.41, 5.74) is 0. The first-order valence-corrected chi connectivity index (χ1v) is 7.97. The van der Waals surface area contributed by atoms with E-state index in [4.69, 9.17) is 9.05 Å². The number of hydrogen-bond acceptors (Lipinski definition) is 7. The maximum Gasteiger partial charge on any atom is 0.315 e. The fourth-order valence-corrected chi connectivity index (χ4v) is 2.67. The van der Waals surface area contributed by atoms with Crippen LogP contribution in [0.4, 0.5) is 5.82 Å². The van der Waals surface area contributed by atoms with Crippen LogP contribution < -0.4 is 10.6 Å². The van der Waals surface area contributed by atoms with Crippen molar-refractivity contribution in [2.45, 2.75) is 51.5 Å². The van der Waals surface area contributed by atoms with E-state index in [-0.39, 0.29) is 30.1 Å². The molecule has 0 unspecified atom stereocenters. The highest BCUT2D eigenvalue weighted by Gasteiger charge is 2.21. The van der Waals surface area contributed by atoms with E-state index < -0.39 is 5.91 Å². The van der Waals surface area contributed by atoms with Crippen molar-refractivity contribution >= 4 is 17.6 Å². The number of nitrogens with zero attached hydrogens (tertiary/aromatic N) is 3. The molecule has 128 valence electrons. The third-order valence-corrected chi connectivity index (χ3v) is 3.82. The van der Waals surface area contributed by atoms with Crippen LogP contribution in [0.2, 0.25) is 0 Å². The predicted octanol–water partition coefficient (Wildman–Crippen LogP) is 1.61. The number of amides is 2. The van der Waals surface area contributed by atoms with Crippen LogP contribution in [0.3, 0.4) is 0 Å². The number of hydrogen-bond donors (Lipinski definition) is 2. The lowest BCUT2D eigenvalue weighted by atomic mass is 9.95. The highest BCUT2D eigenvalue weighted by atomic mass is 16.5. The average molecular weight is 333 g/mol. The fourth-order valence-electron chi connectivity index (χ4n) is 2.67. The van der Waals surface area contributed by atoms with Crippen LogP contribution in [-0.4, -0.2) is 33.2 Å². The van der Waals surface area contributed by atoms with Gasteiger partial charge in [0.25, 0.3) is 0 Å². The maximum atomic E-state index is 12.1. The summed E-state index contributed by atoms with van der Waals surface area (Å²) in [6.07, 6.45) is 5.24. The molecule has 2 amide bonds. The standard InChI is InChI=1S/C15H19N5O4/c1-9-7-11(19-23-9)17-13(21)8-12-18-15(24-20-12)14(22)16-10-5-3-2-4-6-10/h7,10H,2-6,8H2,1H3,(H,16,22)(H,17,19,21). The maximum absolute atomic E-state index is 12.1. The Labute approximate surface area is 138 Å². The van der Waals surface area contributed by atoms with E-state index in [0.717, 1.165) is 25.7 Å². The molecule has 2 aromatic rings. The molecule has 0 atom stereocenters. The van der Waals surface area contributed by atoms with Gasteiger partial charge in [-0.3, -0.25) is 9.59 Å². The number of carbonyl (C=O) groups excluding carboxylic acids is 2. The molecule has 2 N–H and O–H groups in total. The largest absolute Gasteiger partial charge is 0.360 e. The van der Waals surface area contributed by atoms with Crippen molar-refractivity contribution in [1.29, 1.82) is 0 Å². The lowest BCUT2D eigenvalue weighted by molar-refractivity contribution is -0.115. The molecule has 1 aliphatic rings. The summed E-state index contributed by atoms with van der Waals surface area (Å²) in [6, 6.07) is 1.75. The first-order valence-electron chi connectivity index (χ1n) is 7.97. The Morgan fingerprint density at radius 1 is 1.21 bits per heavy atom. The second kappa shape index (κ2) is 7.24. The van der Waals surface area contributed by atoms with Gasteiger partial charge >= 0.3 is 11.8 Å². The second-order valence-corrected chi connectivity index (χ2v) is 5.87. The van der Waals surface area contributed by atoms with Gasteiger partial charge < -0.3 is 19.7 Å². The number of aryl methyl sites for hydroxylation is 1. The van der Waals surface area contributed by atoms with Gasteiger partial charge in [0.05, 0.1) is 6.42 Å². The molecule has 3 rings (SSSR count). The van der Waals surface area contributed by atoms with E-state index in [9.17, 15) is 9.59 Å². The third-order valence-electron chi connectivity index (χ3n) is 3.82. The number of anilines is 1. The Morgan fingerprint density at radius 2 is 2.00 bits per heavy atom. The zero-order valence-corrected chi connectivity index (χ0v) is 13.4. The predicted molar refractivity (Wildman–Crippen MR) is 82.2 cm³/mol. The first-order chi connectivity index (χ1) is 11.6. The molecule has 9 nitrogen and oxygen atoms in total. The van der Waals surface area contributed by atoms with E-state index >= 15 is 0 Å². The number of nitrogens with one attached hydrogen (secondary N) is 2. The van der Waals surface area contributed by atoms with E-state index in [1.165, 1.54) is 6.42 Å². The van der Waals surface area contributed by atoms with Crippen LogP contribution in [0.1, 0.15) is 54.4 Å². The summed E-state index contributed by atoms with van der Waals surface area (Å²) in [5, 5.41) is 12.8. The molecular formula is C15H19N5O4. The Morgan fingerprint density at radius 3 is 2.71 bits per heavy atom. The number of aromatic nitrogens is 3. The van der Waals surface area contributed by atoms with Crippen LogP contribution in [0.5, 0.6) is 0 Å². The van der Waals surface area contributed by atoms with Gasteiger partial charge in [0, 0.05) is 12.1 Å². The summed E-state index contributed by atoms with van der Waals surface area (Å²) < 4.78 is 9.79. The van der Waals surface area contributed by atoms with E-state index in [1.54, 1.807) is 13.0 Å². The second-order valence-electron chi connectivity index (χ2n) is 5.87. The van der Waals surface area contributed by atoms with Crippen molar-refractivity contribution in [3.05, 3.63) is 23.5 Å². The molecule has 0 spiro atoms. The minimum absolute atomic E-state index is 0.119. The number of carbonyl (C=O) groups is 2. The molecule has 1 fully saturated rings. The van der Waals surface area contributed by atoms with Crippen LogP contribution in [-0.2, 0) is 11.2 Å². The zero-order valence-electron chi connectivity index (χ0n) is 13.4. The van der Waals surface area contributed by atoms with Crippen LogP contribution in [0, 0.1) is 6.92 Å². The van der Waals surface area contributed by atoms with Crippen molar-refractivity contribution in [2.24, 2.45) is 0 Å². The smallest absolute Gasteiger partial charge is 0.315 e. The molecule has 24 heavy (non-hydrogen) atoms. The monoisotopic (exact) mass is 333 g/mol. The molecule has 0 bridgehead atoms. The number of rotatable bonds is 5. The topological polar surface area (TPSA) is 123 Å². The van der Waals surface area contributed by atoms with Crippen LogP contribution >= 0.6 is 0 Å². The Kier molecular flexibility index (Phi) is 4.88. The van der Waals surface area contributed by atoms with Crippen molar-refractivity contribution < 1.29 is 18.6 Å². The Bertz CT molecular complexity index is 717. The normalized spacial score (nSPS) is 15.2.